The highest BCUT2D eigenvalue weighted by Gasteiger charge is 2.17. The molecule has 2 N–H and O–H groups in total. The van der Waals surface area contributed by atoms with Gasteiger partial charge in [0.2, 0.25) is 5.91 Å². The number of benzene rings is 1. The van der Waals surface area contributed by atoms with Gasteiger partial charge >= 0.3 is 5.97 Å². The van der Waals surface area contributed by atoms with Crippen molar-refractivity contribution in [2.45, 2.75) is 6.42 Å². The highest BCUT2D eigenvalue weighted by molar-refractivity contribution is 6.05. The molecule has 0 atom stereocenters. The molecule has 1 aliphatic rings. The zero-order valence-corrected chi connectivity index (χ0v) is 7.86. The van der Waals surface area contributed by atoms with Crippen molar-refractivity contribution in [2.75, 3.05) is 5.32 Å². The Kier molecular flexibility index (Phi) is 2.25. The van der Waals surface area contributed by atoms with Crippen molar-refractivity contribution in [2.24, 2.45) is 0 Å². The molecule has 1 amide bonds. The maximum Gasteiger partial charge on any atom is 0.332 e. The van der Waals surface area contributed by atoms with Gasteiger partial charge in [0, 0.05) is 11.3 Å². The van der Waals surface area contributed by atoms with E-state index in [2.05, 4.69) is 5.32 Å². The maximum atomic E-state index is 11.3. The molecular formula is C11H9NO3. The van der Waals surface area contributed by atoms with Gasteiger partial charge in [0.25, 0.3) is 0 Å². The summed E-state index contributed by atoms with van der Waals surface area (Å²) in [6, 6.07) is 7.10. The minimum absolute atomic E-state index is 0.0932. The second-order valence-corrected chi connectivity index (χ2v) is 3.29. The van der Waals surface area contributed by atoms with E-state index in [9.17, 15) is 9.59 Å². The number of rotatable bonds is 1. The minimum atomic E-state index is -1.05. The molecule has 1 aromatic rings. The highest BCUT2D eigenvalue weighted by Crippen LogP contribution is 2.23. The first-order chi connectivity index (χ1) is 7.16. The van der Waals surface area contributed by atoms with E-state index in [1.165, 1.54) is 6.08 Å². The van der Waals surface area contributed by atoms with Crippen LogP contribution in [0.15, 0.2) is 29.8 Å². The first-order valence-electron chi connectivity index (χ1n) is 4.49. The lowest BCUT2D eigenvalue weighted by atomic mass is 10.1. The number of carbonyl (C=O) groups is 2. The number of carbonyl (C=O) groups excluding carboxylic acids is 1. The van der Waals surface area contributed by atoms with Crippen molar-refractivity contribution < 1.29 is 14.7 Å². The van der Waals surface area contributed by atoms with Crippen LogP contribution in [-0.4, -0.2) is 17.0 Å². The molecule has 1 aliphatic heterocycles. The summed E-state index contributed by atoms with van der Waals surface area (Å²) in [4.78, 5) is 22.2. The van der Waals surface area contributed by atoms with Crippen LogP contribution in [-0.2, 0) is 9.59 Å². The van der Waals surface area contributed by atoms with Crippen LogP contribution in [0.2, 0.25) is 0 Å². The van der Waals surface area contributed by atoms with Gasteiger partial charge in [-0.1, -0.05) is 18.2 Å². The lowest BCUT2D eigenvalue weighted by molar-refractivity contribution is -0.133. The molecule has 0 saturated carbocycles. The van der Waals surface area contributed by atoms with Crippen molar-refractivity contribution in [3.05, 3.63) is 35.4 Å². The summed E-state index contributed by atoms with van der Waals surface area (Å²) in [6.07, 6.45) is 1.43. The quantitative estimate of drug-likeness (QED) is 0.726. The molecule has 0 fully saturated rings. The third-order valence-corrected chi connectivity index (χ3v) is 2.19. The summed E-state index contributed by atoms with van der Waals surface area (Å²) >= 11 is 0. The molecule has 2 rings (SSSR count). The Balaban J connectivity index is 2.52. The van der Waals surface area contributed by atoms with Crippen molar-refractivity contribution in [1.29, 1.82) is 0 Å². The van der Waals surface area contributed by atoms with Crippen LogP contribution in [0, 0.1) is 0 Å². The van der Waals surface area contributed by atoms with E-state index in [-0.39, 0.29) is 17.9 Å². The molecule has 0 bridgehead atoms. The standard InChI is InChI=1S/C11H9NO3/c13-10-6-8(11(14)15)5-7-3-1-2-4-9(7)12-10/h1-5H,6H2,(H,12,13)(H,14,15). The van der Waals surface area contributed by atoms with Gasteiger partial charge in [-0.25, -0.2) is 4.79 Å². The van der Waals surface area contributed by atoms with Gasteiger partial charge in [-0.2, -0.15) is 0 Å². The average molecular weight is 203 g/mol. The molecule has 0 radical (unpaired) electrons. The summed E-state index contributed by atoms with van der Waals surface area (Å²) in [5, 5.41) is 11.5. The Hall–Kier alpha value is -2.10. The van der Waals surface area contributed by atoms with Crippen LogP contribution in [0.5, 0.6) is 0 Å². The zero-order chi connectivity index (χ0) is 10.8. The van der Waals surface area contributed by atoms with Gasteiger partial charge in [0.05, 0.1) is 6.42 Å². The second kappa shape index (κ2) is 3.57. The van der Waals surface area contributed by atoms with Crippen molar-refractivity contribution >= 4 is 23.6 Å². The van der Waals surface area contributed by atoms with Crippen LogP contribution >= 0.6 is 0 Å². The van der Waals surface area contributed by atoms with Gasteiger partial charge in [-0.05, 0) is 17.7 Å². The van der Waals surface area contributed by atoms with Gasteiger partial charge in [-0.15, -0.1) is 0 Å². The molecule has 15 heavy (non-hydrogen) atoms. The average Bonchev–Trinajstić information content (AvgIpc) is 2.35. The molecule has 0 saturated heterocycles. The summed E-state index contributed by atoms with van der Waals surface area (Å²) in [5.74, 6) is -1.35. The maximum absolute atomic E-state index is 11.3. The molecule has 1 aromatic carbocycles. The number of fused-ring (bicyclic) bond motifs is 1. The van der Waals surface area contributed by atoms with Crippen molar-refractivity contribution in [1.82, 2.24) is 0 Å². The molecule has 0 aromatic heterocycles. The fourth-order valence-corrected chi connectivity index (χ4v) is 1.48. The third kappa shape index (κ3) is 1.88. The monoisotopic (exact) mass is 203 g/mol. The number of hydrogen-bond acceptors (Lipinski definition) is 2. The SMILES string of the molecule is O=C1CC(C(=O)O)=Cc2ccccc2N1. The van der Waals surface area contributed by atoms with Gasteiger partial charge in [0.15, 0.2) is 0 Å². The Morgan fingerprint density at radius 3 is 2.80 bits per heavy atom. The smallest absolute Gasteiger partial charge is 0.332 e. The Morgan fingerprint density at radius 2 is 2.07 bits per heavy atom. The van der Waals surface area contributed by atoms with Crippen LogP contribution in [0.3, 0.4) is 0 Å². The molecule has 0 spiro atoms. The Labute approximate surface area is 86.2 Å². The first-order valence-corrected chi connectivity index (χ1v) is 4.49. The minimum Gasteiger partial charge on any atom is -0.478 e. The number of hydrogen-bond donors (Lipinski definition) is 2. The molecule has 76 valence electrons. The lowest BCUT2D eigenvalue weighted by Crippen LogP contribution is -2.13. The molecule has 0 unspecified atom stereocenters. The molecule has 0 aliphatic carbocycles. The number of nitrogens with one attached hydrogen (secondary N) is 1. The van der Waals surface area contributed by atoms with Gasteiger partial charge in [-0.3, -0.25) is 4.79 Å². The number of aliphatic carboxylic acids is 1. The Morgan fingerprint density at radius 1 is 1.33 bits per heavy atom. The van der Waals surface area contributed by atoms with Crippen molar-refractivity contribution in [3.63, 3.8) is 0 Å². The normalized spacial score (nSPS) is 14.7. The van der Waals surface area contributed by atoms with Crippen LogP contribution < -0.4 is 5.32 Å². The predicted molar refractivity (Wildman–Crippen MR) is 55.3 cm³/mol. The molecular weight excluding hydrogens is 194 g/mol. The number of amides is 1. The van der Waals surface area contributed by atoms with Crippen molar-refractivity contribution in [3.8, 4) is 0 Å². The van der Waals surface area contributed by atoms with Gasteiger partial charge < -0.3 is 10.4 Å². The Bertz CT molecular complexity index is 463. The number of anilines is 1. The summed E-state index contributed by atoms with van der Waals surface area (Å²) in [7, 11) is 0. The number of para-hydroxylation sites is 1. The van der Waals surface area contributed by atoms with Crippen LogP contribution in [0.1, 0.15) is 12.0 Å². The highest BCUT2D eigenvalue weighted by atomic mass is 16.4. The van der Waals surface area contributed by atoms with E-state index in [1.807, 2.05) is 0 Å². The summed E-state index contributed by atoms with van der Waals surface area (Å²) < 4.78 is 0. The van der Waals surface area contributed by atoms with Gasteiger partial charge in [0.1, 0.15) is 0 Å². The molecule has 4 heteroatoms. The van der Waals surface area contributed by atoms with E-state index in [4.69, 9.17) is 5.11 Å². The first kappa shape index (κ1) is 9.45. The van der Waals surface area contributed by atoms with E-state index < -0.39 is 5.97 Å². The largest absolute Gasteiger partial charge is 0.478 e. The van der Waals surface area contributed by atoms with Crippen LogP contribution in [0.4, 0.5) is 5.69 Å². The number of carboxylic acid groups (broad SMARTS) is 1. The fraction of sp³-hybridized carbons (Fsp3) is 0.0909. The topological polar surface area (TPSA) is 66.4 Å². The van der Waals surface area contributed by atoms with E-state index in [0.717, 1.165) is 5.56 Å². The second-order valence-electron chi connectivity index (χ2n) is 3.29. The zero-order valence-electron chi connectivity index (χ0n) is 7.86. The summed E-state index contributed by atoms with van der Waals surface area (Å²) in [6.45, 7) is 0. The van der Waals surface area contributed by atoms with E-state index in [0.29, 0.717) is 5.69 Å². The predicted octanol–water partition coefficient (Wildman–Crippen LogP) is 1.50. The lowest BCUT2D eigenvalue weighted by Gasteiger charge is -2.03. The third-order valence-electron chi connectivity index (χ3n) is 2.19. The molecule has 1 heterocycles. The number of carboxylic acids is 1. The fourth-order valence-electron chi connectivity index (χ4n) is 1.48. The van der Waals surface area contributed by atoms with Crippen LogP contribution in [0.25, 0.3) is 6.08 Å². The summed E-state index contributed by atoms with van der Waals surface area (Å²) in [5.41, 5.74) is 1.48. The van der Waals surface area contributed by atoms with E-state index in [1.54, 1.807) is 24.3 Å². The molecule has 4 nitrogen and oxygen atoms in total. The van der Waals surface area contributed by atoms with E-state index >= 15 is 0 Å².